The molecular weight excluding hydrogens is 314 g/mol. The fourth-order valence-corrected chi connectivity index (χ4v) is 3.01. The van der Waals surface area contributed by atoms with E-state index >= 15 is 0 Å². The lowest BCUT2D eigenvalue weighted by Gasteiger charge is -2.22. The molecule has 5 nitrogen and oxygen atoms in total. The number of hydrogen-bond donors (Lipinski definition) is 2. The molecule has 1 aliphatic heterocycles. The fourth-order valence-electron chi connectivity index (χ4n) is 3.01. The van der Waals surface area contributed by atoms with Crippen molar-refractivity contribution in [2.45, 2.75) is 26.2 Å². The number of pyridine rings is 1. The number of nitrogen functional groups attached to an aromatic ring is 1. The van der Waals surface area contributed by atoms with Crippen LogP contribution >= 0.6 is 0 Å². The van der Waals surface area contributed by atoms with E-state index in [1.165, 1.54) is 0 Å². The monoisotopic (exact) mass is 339 g/mol. The molecule has 2 aromatic rings. The third-order valence-electron chi connectivity index (χ3n) is 4.71. The van der Waals surface area contributed by atoms with Crippen molar-refractivity contribution in [2.75, 3.05) is 25.5 Å². The van der Waals surface area contributed by atoms with Crippen LogP contribution in [0.2, 0.25) is 0 Å². The number of nitrogens with zero attached hydrogens (tertiary/aromatic N) is 1. The lowest BCUT2D eigenvalue weighted by atomic mass is 10.00. The van der Waals surface area contributed by atoms with Gasteiger partial charge in [0.05, 0.1) is 0 Å². The number of carbonyl (C=O) groups is 1. The van der Waals surface area contributed by atoms with Gasteiger partial charge in [0.1, 0.15) is 5.69 Å². The maximum Gasteiger partial charge on any atom is 0.269 e. The molecule has 0 spiro atoms. The number of benzene rings is 1. The molecule has 0 atom stereocenters. The van der Waals surface area contributed by atoms with Gasteiger partial charge >= 0.3 is 0 Å². The van der Waals surface area contributed by atoms with E-state index < -0.39 is 0 Å². The quantitative estimate of drug-likeness (QED) is 0.821. The van der Waals surface area contributed by atoms with E-state index in [4.69, 9.17) is 10.5 Å². The Morgan fingerprint density at radius 2 is 2.00 bits per heavy atom. The number of aryl methyl sites for hydroxylation is 1. The fraction of sp³-hybridized carbons (Fsp3) is 0.400. The SMILES string of the molecule is Cc1cnc(C(=O)NCC2CCOCC2)cc1Cc1ccc(N)cc1. The Morgan fingerprint density at radius 1 is 1.28 bits per heavy atom. The molecule has 132 valence electrons. The number of nitrogens with one attached hydrogen (secondary N) is 1. The van der Waals surface area contributed by atoms with E-state index in [1.54, 1.807) is 6.20 Å². The Bertz CT molecular complexity index is 722. The lowest BCUT2D eigenvalue weighted by molar-refractivity contribution is 0.0642. The van der Waals surface area contributed by atoms with Crippen LogP contribution in [0.1, 0.15) is 40.0 Å². The standard InChI is InChI=1S/C20H25N3O2/c1-14-12-22-19(20(24)23-13-16-6-8-25-9-7-16)11-17(14)10-15-2-4-18(21)5-3-15/h2-5,11-12,16H,6-10,13,21H2,1H3,(H,23,24). The summed E-state index contributed by atoms with van der Waals surface area (Å²) in [7, 11) is 0. The zero-order valence-electron chi connectivity index (χ0n) is 14.6. The first-order valence-electron chi connectivity index (χ1n) is 8.77. The van der Waals surface area contributed by atoms with E-state index in [-0.39, 0.29) is 5.91 Å². The van der Waals surface area contributed by atoms with Crippen LogP contribution in [-0.4, -0.2) is 30.6 Å². The average Bonchev–Trinajstić information content (AvgIpc) is 2.64. The van der Waals surface area contributed by atoms with Crippen LogP contribution in [0.4, 0.5) is 5.69 Å². The van der Waals surface area contributed by atoms with Crippen LogP contribution in [0.15, 0.2) is 36.5 Å². The lowest BCUT2D eigenvalue weighted by Crippen LogP contribution is -2.32. The zero-order valence-corrected chi connectivity index (χ0v) is 14.6. The number of aromatic nitrogens is 1. The summed E-state index contributed by atoms with van der Waals surface area (Å²) in [4.78, 5) is 16.7. The predicted molar refractivity (Wildman–Crippen MR) is 98.5 cm³/mol. The molecule has 1 fully saturated rings. The smallest absolute Gasteiger partial charge is 0.269 e. The summed E-state index contributed by atoms with van der Waals surface area (Å²) in [5.41, 5.74) is 10.3. The van der Waals surface area contributed by atoms with Gasteiger partial charge in [-0.15, -0.1) is 0 Å². The largest absolute Gasteiger partial charge is 0.399 e. The Morgan fingerprint density at radius 3 is 2.72 bits per heavy atom. The van der Waals surface area contributed by atoms with Crippen molar-refractivity contribution >= 4 is 11.6 Å². The molecule has 25 heavy (non-hydrogen) atoms. The number of anilines is 1. The Labute approximate surface area is 148 Å². The van der Waals surface area contributed by atoms with E-state index in [0.29, 0.717) is 18.2 Å². The minimum absolute atomic E-state index is 0.106. The molecular formula is C20H25N3O2. The maximum atomic E-state index is 12.4. The first-order chi connectivity index (χ1) is 12.1. The van der Waals surface area contributed by atoms with Crippen molar-refractivity contribution in [1.29, 1.82) is 0 Å². The van der Waals surface area contributed by atoms with Crippen molar-refractivity contribution in [3.63, 3.8) is 0 Å². The van der Waals surface area contributed by atoms with Gasteiger partial charge in [0.25, 0.3) is 5.91 Å². The number of rotatable bonds is 5. The molecule has 3 N–H and O–H groups in total. The molecule has 5 heteroatoms. The molecule has 1 amide bonds. The highest BCUT2D eigenvalue weighted by atomic mass is 16.5. The average molecular weight is 339 g/mol. The van der Waals surface area contributed by atoms with Crippen LogP contribution in [-0.2, 0) is 11.2 Å². The van der Waals surface area contributed by atoms with Gasteiger partial charge in [-0.1, -0.05) is 12.1 Å². The molecule has 1 aliphatic rings. The zero-order chi connectivity index (χ0) is 17.6. The summed E-state index contributed by atoms with van der Waals surface area (Å²) in [6.45, 7) is 4.28. The van der Waals surface area contributed by atoms with Crippen molar-refractivity contribution < 1.29 is 9.53 Å². The molecule has 3 rings (SSSR count). The molecule has 1 saturated heterocycles. The summed E-state index contributed by atoms with van der Waals surface area (Å²) in [6, 6.07) is 9.71. The molecule has 1 aromatic heterocycles. The number of ether oxygens (including phenoxy) is 1. The third kappa shape index (κ3) is 4.79. The summed E-state index contributed by atoms with van der Waals surface area (Å²) in [5.74, 6) is 0.391. The summed E-state index contributed by atoms with van der Waals surface area (Å²) in [6.07, 6.45) is 4.54. The Kier molecular flexibility index (Phi) is 5.66. The Hall–Kier alpha value is -2.40. The van der Waals surface area contributed by atoms with Crippen LogP contribution in [0.3, 0.4) is 0 Å². The summed E-state index contributed by atoms with van der Waals surface area (Å²) >= 11 is 0. The van der Waals surface area contributed by atoms with Gasteiger partial charge in [0.2, 0.25) is 0 Å². The first kappa shape index (κ1) is 17.4. The maximum absolute atomic E-state index is 12.4. The second kappa shape index (κ2) is 8.12. The van der Waals surface area contributed by atoms with E-state index in [2.05, 4.69) is 10.3 Å². The highest BCUT2D eigenvalue weighted by molar-refractivity contribution is 5.92. The van der Waals surface area contributed by atoms with Gasteiger partial charge in [0, 0.05) is 31.6 Å². The van der Waals surface area contributed by atoms with Crippen LogP contribution in [0, 0.1) is 12.8 Å². The van der Waals surface area contributed by atoms with Crippen LogP contribution in [0.5, 0.6) is 0 Å². The molecule has 0 bridgehead atoms. The van der Waals surface area contributed by atoms with E-state index in [1.807, 2.05) is 37.3 Å². The van der Waals surface area contributed by atoms with Crippen molar-refractivity contribution in [3.05, 3.63) is 58.9 Å². The number of hydrogen-bond acceptors (Lipinski definition) is 4. The number of amides is 1. The van der Waals surface area contributed by atoms with Gasteiger partial charge in [-0.25, -0.2) is 0 Å². The number of carbonyl (C=O) groups excluding carboxylic acids is 1. The summed E-state index contributed by atoms with van der Waals surface area (Å²) in [5, 5.41) is 3.01. The molecule has 0 unspecified atom stereocenters. The first-order valence-corrected chi connectivity index (χ1v) is 8.77. The highest BCUT2D eigenvalue weighted by Crippen LogP contribution is 2.17. The van der Waals surface area contributed by atoms with E-state index in [0.717, 1.165) is 54.9 Å². The third-order valence-corrected chi connectivity index (χ3v) is 4.71. The minimum Gasteiger partial charge on any atom is -0.399 e. The highest BCUT2D eigenvalue weighted by Gasteiger charge is 2.16. The second-order valence-corrected chi connectivity index (χ2v) is 6.68. The molecule has 2 heterocycles. The normalized spacial score (nSPS) is 15.1. The van der Waals surface area contributed by atoms with Crippen LogP contribution in [0.25, 0.3) is 0 Å². The van der Waals surface area contributed by atoms with E-state index in [9.17, 15) is 4.79 Å². The summed E-state index contributed by atoms with van der Waals surface area (Å²) < 4.78 is 5.35. The van der Waals surface area contributed by atoms with Gasteiger partial charge in [-0.3, -0.25) is 9.78 Å². The van der Waals surface area contributed by atoms with Crippen molar-refractivity contribution in [3.8, 4) is 0 Å². The van der Waals surface area contributed by atoms with Crippen LogP contribution < -0.4 is 11.1 Å². The minimum atomic E-state index is -0.106. The molecule has 0 radical (unpaired) electrons. The number of nitrogens with two attached hydrogens (primary N) is 1. The van der Waals surface area contributed by atoms with Gasteiger partial charge in [0.15, 0.2) is 0 Å². The molecule has 0 aliphatic carbocycles. The van der Waals surface area contributed by atoms with Crippen molar-refractivity contribution in [2.24, 2.45) is 5.92 Å². The van der Waals surface area contributed by atoms with Crippen molar-refractivity contribution in [1.82, 2.24) is 10.3 Å². The van der Waals surface area contributed by atoms with Gasteiger partial charge in [-0.2, -0.15) is 0 Å². The van der Waals surface area contributed by atoms with Gasteiger partial charge in [-0.05, 0) is 67.0 Å². The topological polar surface area (TPSA) is 77.2 Å². The van der Waals surface area contributed by atoms with Gasteiger partial charge < -0.3 is 15.8 Å². The second-order valence-electron chi connectivity index (χ2n) is 6.68. The Balaban J connectivity index is 1.65. The molecule has 0 saturated carbocycles. The predicted octanol–water partition coefficient (Wildman–Crippen LogP) is 2.72. The molecule has 1 aromatic carbocycles.